The molecule has 2 aliphatic rings. The van der Waals surface area contributed by atoms with Crippen molar-refractivity contribution >= 4 is 12.4 Å². The SMILES string of the molecule is Cl.N[C@@H]1CC2(CCCC2)Oc2ccc(F)cc21. The number of nitrogens with two attached hydrogens (primary N) is 1. The van der Waals surface area contributed by atoms with Gasteiger partial charge in [-0.25, -0.2) is 4.39 Å². The second-order valence-corrected chi connectivity index (χ2v) is 4.98. The van der Waals surface area contributed by atoms with E-state index in [0.717, 1.165) is 30.6 Å². The molecule has 2 N–H and O–H groups in total. The van der Waals surface area contributed by atoms with Crippen molar-refractivity contribution in [2.45, 2.75) is 43.7 Å². The third kappa shape index (κ3) is 2.14. The molecule has 0 unspecified atom stereocenters. The number of hydrogen-bond donors (Lipinski definition) is 1. The van der Waals surface area contributed by atoms with Crippen LogP contribution in [0.15, 0.2) is 18.2 Å². The molecule has 1 aromatic rings. The van der Waals surface area contributed by atoms with Crippen molar-refractivity contribution in [3.8, 4) is 5.75 Å². The third-order valence-corrected chi connectivity index (χ3v) is 3.80. The Bertz CT molecular complexity index is 418. The Morgan fingerprint density at radius 3 is 2.71 bits per heavy atom. The van der Waals surface area contributed by atoms with Gasteiger partial charge in [-0.15, -0.1) is 12.4 Å². The summed E-state index contributed by atoms with van der Waals surface area (Å²) in [4.78, 5) is 0. The van der Waals surface area contributed by atoms with E-state index in [0.29, 0.717) is 0 Å². The van der Waals surface area contributed by atoms with Gasteiger partial charge in [0.1, 0.15) is 17.2 Å². The first kappa shape index (κ1) is 12.7. The fourth-order valence-electron chi connectivity index (χ4n) is 3.01. The molecule has 17 heavy (non-hydrogen) atoms. The fraction of sp³-hybridized carbons (Fsp3) is 0.538. The molecule has 1 heterocycles. The van der Waals surface area contributed by atoms with Gasteiger partial charge in [-0.05, 0) is 43.9 Å². The highest BCUT2D eigenvalue weighted by molar-refractivity contribution is 5.85. The molecule has 94 valence electrons. The van der Waals surface area contributed by atoms with Crippen molar-refractivity contribution in [1.29, 1.82) is 0 Å². The molecular weight excluding hydrogens is 241 g/mol. The predicted molar refractivity (Wildman–Crippen MR) is 67.0 cm³/mol. The monoisotopic (exact) mass is 257 g/mol. The number of benzene rings is 1. The van der Waals surface area contributed by atoms with Gasteiger partial charge in [0.2, 0.25) is 0 Å². The van der Waals surface area contributed by atoms with Crippen LogP contribution in [0.2, 0.25) is 0 Å². The predicted octanol–water partition coefficient (Wildman–Crippen LogP) is 3.34. The van der Waals surface area contributed by atoms with Gasteiger partial charge in [0.05, 0.1) is 0 Å². The van der Waals surface area contributed by atoms with Crippen LogP contribution < -0.4 is 10.5 Å². The minimum absolute atomic E-state index is 0. The number of rotatable bonds is 0. The molecule has 2 nitrogen and oxygen atoms in total. The fourth-order valence-corrected chi connectivity index (χ4v) is 3.01. The van der Waals surface area contributed by atoms with E-state index in [1.165, 1.54) is 25.0 Å². The van der Waals surface area contributed by atoms with Crippen molar-refractivity contribution in [3.63, 3.8) is 0 Å². The molecular formula is C13H17ClFNO. The smallest absolute Gasteiger partial charge is 0.125 e. The number of ether oxygens (including phenoxy) is 1. The van der Waals surface area contributed by atoms with Crippen LogP contribution in [0.3, 0.4) is 0 Å². The maximum Gasteiger partial charge on any atom is 0.125 e. The molecule has 1 fully saturated rings. The largest absolute Gasteiger partial charge is 0.487 e. The van der Waals surface area contributed by atoms with Crippen molar-refractivity contribution in [1.82, 2.24) is 0 Å². The van der Waals surface area contributed by atoms with Gasteiger partial charge in [-0.2, -0.15) is 0 Å². The first-order chi connectivity index (χ1) is 7.69. The lowest BCUT2D eigenvalue weighted by molar-refractivity contribution is 0.0424. The van der Waals surface area contributed by atoms with Gasteiger partial charge in [0.15, 0.2) is 0 Å². The Balaban J connectivity index is 0.00000108. The first-order valence-corrected chi connectivity index (χ1v) is 5.93. The molecule has 1 atom stereocenters. The minimum atomic E-state index is -0.236. The highest BCUT2D eigenvalue weighted by Crippen LogP contribution is 2.46. The summed E-state index contributed by atoms with van der Waals surface area (Å²) in [6.07, 6.45) is 5.41. The van der Waals surface area contributed by atoms with E-state index >= 15 is 0 Å². The van der Waals surface area contributed by atoms with Crippen LogP contribution >= 0.6 is 12.4 Å². The zero-order valence-electron chi connectivity index (χ0n) is 9.62. The Hall–Kier alpha value is -0.800. The average molecular weight is 258 g/mol. The maximum absolute atomic E-state index is 13.1. The molecule has 1 aromatic carbocycles. The molecule has 0 bridgehead atoms. The zero-order chi connectivity index (χ0) is 11.2. The van der Waals surface area contributed by atoms with E-state index in [1.54, 1.807) is 6.07 Å². The highest BCUT2D eigenvalue weighted by atomic mass is 35.5. The summed E-state index contributed by atoms with van der Waals surface area (Å²) < 4.78 is 19.2. The summed E-state index contributed by atoms with van der Waals surface area (Å²) in [6, 6.07) is 4.57. The molecule has 0 radical (unpaired) electrons. The lowest BCUT2D eigenvalue weighted by Crippen LogP contribution is -2.40. The summed E-state index contributed by atoms with van der Waals surface area (Å²) in [5.74, 6) is 0.544. The molecule has 1 saturated carbocycles. The topological polar surface area (TPSA) is 35.2 Å². The summed E-state index contributed by atoms with van der Waals surface area (Å²) in [5.41, 5.74) is 6.87. The number of hydrogen-bond acceptors (Lipinski definition) is 2. The van der Waals surface area contributed by atoms with Crippen LogP contribution in [-0.2, 0) is 0 Å². The van der Waals surface area contributed by atoms with Crippen molar-refractivity contribution in [3.05, 3.63) is 29.6 Å². The van der Waals surface area contributed by atoms with E-state index in [2.05, 4.69) is 0 Å². The standard InChI is InChI=1S/C13H16FNO.ClH/c14-9-3-4-12-10(7-9)11(15)8-13(16-12)5-1-2-6-13;/h3-4,7,11H,1-2,5-6,8,15H2;1H/t11-;/m1./s1. The summed E-state index contributed by atoms with van der Waals surface area (Å²) in [7, 11) is 0. The minimum Gasteiger partial charge on any atom is -0.487 e. The Labute approximate surface area is 107 Å². The molecule has 4 heteroatoms. The third-order valence-electron chi connectivity index (χ3n) is 3.80. The molecule has 1 aliphatic heterocycles. The number of halogens is 2. The van der Waals surface area contributed by atoms with Gasteiger partial charge >= 0.3 is 0 Å². The second kappa shape index (κ2) is 4.46. The Kier molecular flexibility index (Phi) is 3.32. The average Bonchev–Trinajstić information content (AvgIpc) is 2.68. The van der Waals surface area contributed by atoms with E-state index in [9.17, 15) is 4.39 Å². The van der Waals surface area contributed by atoms with Gasteiger partial charge < -0.3 is 10.5 Å². The molecule has 0 aromatic heterocycles. The van der Waals surface area contributed by atoms with Gasteiger partial charge in [-0.3, -0.25) is 0 Å². The summed E-state index contributed by atoms with van der Waals surface area (Å²) in [5, 5.41) is 0. The van der Waals surface area contributed by atoms with Crippen molar-refractivity contribution in [2.24, 2.45) is 5.73 Å². The molecule has 0 amide bonds. The Morgan fingerprint density at radius 1 is 1.29 bits per heavy atom. The van der Waals surface area contributed by atoms with Gasteiger partial charge in [0, 0.05) is 18.0 Å². The van der Waals surface area contributed by atoms with E-state index in [-0.39, 0.29) is 29.9 Å². The van der Waals surface area contributed by atoms with Crippen LogP contribution in [0.4, 0.5) is 4.39 Å². The second-order valence-electron chi connectivity index (χ2n) is 4.98. The first-order valence-electron chi connectivity index (χ1n) is 5.93. The van der Waals surface area contributed by atoms with Crippen LogP contribution in [0.1, 0.15) is 43.7 Å². The molecule has 1 aliphatic carbocycles. The molecule has 1 spiro atoms. The van der Waals surface area contributed by atoms with Crippen molar-refractivity contribution in [2.75, 3.05) is 0 Å². The van der Waals surface area contributed by atoms with Crippen LogP contribution in [0, 0.1) is 5.82 Å². The normalized spacial score (nSPS) is 24.9. The lowest BCUT2D eigenvalue weighted by Gasteiger charge is -2.38. The maximum atomic E-state index is 13.1. The van der Waals surface area contributed by atoms with Crippen LogP contribution in [-0.4, -0.2) is 5.60 Å². The van der Waals surface area contributed by atoms with E-state index < -0.39 is 0 Å². The van der Waals surface area contributed by atoms with Crippen LogP contribution in [0.25, 0.3) is 0 Å². The highest BCUT2D eigenvalue weighted by Gasteiger charge is 2.41. The van der Waals surface area contributed by atoms with Gasteiger partial charge in [0.25, 0.3) is 0 Å². The number of fused-ring (bicyclic) bond motifs is 1. The van der Waals surface area contributed by atoms with E-state index in [4.69, 9.17) is 10.5 Å². The van der Waals surface area contributed by atoms with E-state index in [1.807, 2.05) is 0 Å². The van der Waals surface area contributed by atoms with Gasteiger partial charge in [-0.1, -0.05) is 0 Å². The summed E-state index contributed by atoms with van der Waals surface area (Å²) >= 11 is 0. The van der Waals surface area contributed by atoms with Crippen molar-refractivity contribution < 1.29 is 9.13 Å². The summed E-state index contributed by atoms with van der Waals surface area (Å²) in [6.45, 7) is 0. The van der Waals surface area contributed by atoms with Crippen LogP contribution in [0.5, 0.6) is 5.75 Å². The molecule has 0 saturated heterocycles. The quantitative estimate of drug-likeness (QED) is 0.774. The Morgan fingerprint density at radius 2 is 2.00 bits per heavy atom. The zero-order valence-corrected chi connectivity index (χ0v) is 10.4. The molecule has 3 rings (SSSR count). The lowest BCUT2D eigenvalue weighted by atomic mass is 9.86.